The van der Waals surface area contributed by atoms with E-state index >= 15 is 0 Å². The van der Waals surface area contributed by atoms with Crippen molar-refractivity contribution in [3.05, 3.63) is 106 Å². The SMILES string of the molecule is O=C(/C=C/c1ccc(F)cc1)c1ccc(OC(=O)c2ccc(Cl)cc2)cc1. The van der Waals surface area contributed by atoms with Crippen LogP contribution in [0.15, 0.2) is 78.9 Å². The minimum atomic E-state index is -0.512. The molecule has 0 saturated heterocycles. The zero-order valence-electron chi connectivity index (χ0n) is 14.1. The van der Waals surface area contributed by atoms with E-state index < -0.39 is 5.97 Å². The molecule has 134 valence electrons. The molecule has 0 amide bonds. The van der Waals surface area contributed by atoms with Gasteiger partial charge >= 0.3 is 5.97 Å². The van der Waals surface area contributed by atoms with Crippen LogP contribution in [0.2, 0.25) is 5.02 Å². The number of esters is 1. The average Bonchev–Trinajstić information content (AvgIpc) is 2.68. The summed E-state index contributed by atoms with van der Waals surface area (Å²) in [5, 5.41) is 0.531. The van der Waals surface area contributed by atoms with Crippen molar-refractivity contribution in [2.24, 2.45) is 0 Å². The molecule has 0 saturated carbocycles. The second-order valence-electron chi connectivity index (χ2n) is 5.67. The highest BCUT2D eigenvalue weighted by atomic mass is 35.5. The Bertz CT molecular complexity index is 976. The minimum absolute atomic E-state index is 0.213. The first-order chi connectivity index (χ1) is 13.0. The van der Waals surface area contributed by atoms with E-state index in [2.05, 4.69) is 0 Å². The summed E-state index contributed by atoms with van der Waals surface area (Å²) >= 11 is 5.79. The average molecular weight is 381 g/mol. The molecule has 0 aliphatic rings. The topological polar surface area (TPSA) is 43.4 Å². The van der Waals surface area contributed by atoms with Gasteiger partial charge in [0, 0.05) is 10.6 Å². The predicted molar refractivity (Wildman–Crippen MR) is 103 cm³/mol. The normalized spacial score (nSPS) is 10.7. The van der Waals surface area contributed by atoms with E-state index in [0.29, 0.717) is 21.9 Å². The van der Waals surface area contributed by atoms with Crippen molar-refractivity contribution in [1.29, 1.82) is 0 Å². The van der Waals surface area contributed by atoms with E-state index in [4.69, 9.17) is 16.3 Å². The smallest absolute Gasteiger partial charge is 0.343 e. The highest BCUT2D eigenvalue weighted by Crippen LogP contribution is 2.17. The van der Waals surface area contributed by atoms with Gasteiger partial charge in [0.2, 0.25) is 0 Å². The largest absolute Gasteiger partial charge is 0.423 e. The highest BCUT2D eigenvalue weighted by molar-refractivity contribution is 6.30. The number of hydrogen-bond donors (Lipinski definition) is 0. The molecule has 3 aromatic carbocycles. The molecule has 0 unspecified atom stereocenters. The molecular formula is C22H14ClFO3. The molecule has 0 fully saturated rings. The van der Waals surface area contributed by atoms with Gasteiger partial charge in [-0.05, 0) is 72.3 Å². The first-order valence-electron chi connectivity index (χ1n) is 8.07. The summed E-state index contributed by atoms with van der Waals surface area (Å²) in [5.41, 5.74) is 1.54. The third kappa shape index (κ3) is 5.12. The fraction of sp³-hybridized carbons (Fsp3) is 0. The Labute approximate surface area is 160 Å². The molecule has 0 aliphatic heterocycles. The first-order valence-corrected chi connectivity index (χ1v) is 8.45. The van der Waals surface area contributed by atoms with Gasteiger partial charge < -0.3 is 4.74 Å². The van der Waals surface area contributed by atoms with Crippen LogP contribution >= 0.6 is 11.6 Å². The Morgan fingerprint density at radius 3 is 2.04 bits per heavy atom. The van der Waals surface area contributed by atoms with Crippen molar-refractivity contribution in [3.63, 3.8) is 0 Å². The molecule has 0 atom stereocenters. The van der Waals surface area contributed by atoms with Gasteiger partial charge in [-0.1, -0.05) is 29.8 Å². The molecule has 5 heteroatoms. The van der Waals surface area contributed by atoms with Crippen LogP contribution in [-0.2, 0) is 0 Å². The van der Waals surface area contributed by atoms with E-state index in [-0.39, 0.29) is 11.6 Å². The lowest BCUT2D eigenvalue weighted by molar-refractivity contribution is 0.0734. The van der Waals surface area contributed by atoms with Gasteiger partial charge in [0.15, 0.2) is 5.78 Å². The summed E-state index contributed by atoms with van der Waals surface area (Å²) in [6.07, 6.45) is 3.01. The molecule has 0 aromatic heterocycles. The van der Waals surface area contributed by atoms with Gasteiger partial charge in [-0.25, -0.2) is 9.18 Å². The maximum absolute atomic E-state index is 12.9. The van der Waals surface area contributed by atoms with Crippen molar-refractivity contribution in [2.45, 2.75) is 0 Å². The monoisotopic (exact) mass is 380 g/mol. The van der Waals surface area contributed by atoms with E-state index in [1.807, 2.05) is 0 Å². The van der Waals surface area contributed by atoms with Gasteiger partial charge in [0.05, 0.1) is 5.56 Å². The molecule has 0 bridgehead atoms. The van der Waals surface area contributed by atoms with E-state index in [9.17, 15) is 14.0 Å². The first kappa shape index (κ1) is 18.5. The van der Waals surface area contributed by atoms with Gasteiger partial charge in [-0.3, -0.25) is 4.79 Å². The third-order valence-electron chi connectivity index (χ3n) is 3.73. The number of hydrogen-bond acceptors (Lipinski definition) is 3. The van der Waals surface area contributed by atoms with Crippen LogP contribution in [0, 0.1) is 5.82 Å². The Hall–Kier alpha value is -3.24. The summed E-state index contributed by atoms with van der Waals surface area (Å²) in [5.74, 6) is -0.729. The molecule has 3 rings (SSSR count). The fourth-order valence-corrected chi connectivity index (χ4v) is 2.41. The molecule has 0 spiro atoms. The Morgan fingerprint density at radius 1 is 0.815 bits per heavy atom. The standard InChI is InChI=1S/C22H14ClFO3/c23-18-8-4-17(5-9-18)22(26)27-20-12-6-16(7-13-20)21(25)14-3-15-1-10-19(24)11-2-15/h1-14H/b14-3+. The summed E-state index contributed by atoms with van der Waals surface area (Å²) in [6.45, 7) is 0. The van der Waals surface area contributed by atoms with Crippen LogP contribution < -0.4 is 4.74 Å². The molecular weight excluding hydrogens is 367 g/mol. The molecule has 3 nitrogen and oxygen atoms in total. The van der Waals surface area contributed by atoms with Crippen LogP contribution in [0.4, 0.5) is 4.39 Å². The van der Waals surface area contributed by atoms with E-state index in [1.165, 1.54) is 18.2 Å². The van der Waals surface area contributed by atoms with Crippen LogP contribution in [0.1, 0.15) is 26.3 Å². The number of rotatable bonds is 5. The minimum Gasteiger partial charge on any atom is -0.423 e. The number of halogens is 2. The molecule has 0 aliphatic carbocycles. The van der Waals surface area contributed by atoms with E-state index in [0.717, 1.165) is 5.56 Å². The molecule has 0 heterocycles. The van der Waals surface area contributed by atoms with Crippen LogP contribution in [0.5, 0.6) is 5.75 Å². The number of allylic oxidation sites excluding steroid dienone is 1. The second-order valence-corrected chi connectivity index (χ2v) is 6.11. The van der Waals surface area contributed by atoms with Crippen molar-refractivity contribution in [1.82, 2.24) is 0 Å². The summed E-state index contributed by atoms with van der Waals surface area (Å²) in [7, 11) is 0. The van der Waals surface area contributed by atoms with Crippen molar-refractivity contribution in [3.8, 4) is 5.75 Å². The number of carbonyl (C=O) groups excluding carboxylic acids is 2. The van der Waals surface area contributed by atoms with Gasteiger partial charge in [0.1, 0.15) is 11.6 Å². The van der Waals surface area contributed by atoms with Crippen molar-refractivity contribution < 1.29 is 18.7 Å². The van der Waals surface area contributed by atoms with Crippen molar-refractivity contribution in [2.75, 3.05) is 0 Å². The lowest BCUT2D eigenvalue weighted by Gasteiger charge is -2.05. The zero-order valence-corrected chi connectivity index (χ0v) is 14.8. The maximum atomic E-state index is 12.9. The van der Waals surface area contributed by atoms with Gasteiger partial charge in [-0.2, -0.15) is 0 Å². The Morgan fingerprint density at radius 2 is 1.41 bits per heavy atom. The van der Waals surface area contributed by atoms with E-state index in [1.54, 1.807) is 66.7 Å². The lowest BCUT2D eigenvalue weighted by Crippen LogP contribution is -2.08. The highest BCUT2D eigenvalue weighted by Gasteiger charge is 2.09. The zero-order chi connectivity index (χ0) is 19.2. The summed E-state index contributed by atoms with van der Waals surface area (Å²) < 4.78 is 18.1. The Kier molecular flexibility index (Phi) is 5.79. The number of benzene rings is 3. The number of carbonyl (C=O) groups is 2. The second kappa shape index (κ2) is 8.43. The molecule has 0 radical (unpaired) electrons. The maximum Gasteiger partial charge on any atom is 0.343 e. The van der Waals surface area contributed by atoms with Gasteiger partial charge in [-0.15, -0.1) is 0 Å². The lowest BCUT2D eigenvalue weighted by atomic mass is 10.1. The quantitative estimate of drug-likeness (QED) is 0.250. The summed E-state index contributed by atoms with van der Waals surface area (Å²) in [6, 6.07) is 18.4. The van der Waals surface area contributed by atoms with Crippen LogP contribution in [0.25, 0.3) is 6.08 Å². The number of ether oxygens (including phenoxy) is 1. The molecule has 0 N–H and O–H groups in total. The third-order valence-corrected chi connectivity index (χ3v) is 3.98. The van der Waals surface area contributed by atoms with Crippen molar-refractivity contribution >= 4 is 29.4 Å². The summed E-state index contributed by atoms with van der Waals surface area (Å²) in [4.78, 5) is 24.2. The molecule has 3 aromatic rings. The van der Waals surface area contributed by atoms with Gasteiger partial charge in [0.25, 0.3) is 0 Å². The van der Waals surface area contributed by atoms with Crippen LogP contribution in [-0.4, -0.2) is 11.8 Å². The predicted octanol–water partition coefficient (Wildman–Crippen LogP) is 5.59. The number of ketones is 1. The van der Waals surface area contributed by atoms with Crippen LogP contribution in [0.3, 0.4) is 0 Å². The molecule has 27 heavy (non-hydrogen) atoms. The fourth-order valence-electron chi connectivity index (χ4n) is 2.28. The Balaban J connectivity index is 1.64.